The molecule has 246 valence electrons. The molecule has 0 unspecified atom stereocenters. The van der Waals surface area contributed by atoms with Gasteiger partial charge < -0.3 is 19.3 Å². The molecule has 6 nitrogen and oxygen atoms in total. The van der Waals surface area contributed by atoms with E-state index in [-0.39, 0.29) is 5.97 Å². The molecule has 7 rings (SSSR count). The summed E-state index contributed by atoms with van der Waals surface area (Å²) in [4.78, 5) is 22.3. The third-order valence-electron chi connectivity index (χ3n) is 9.00. The molecule has 0 bridgehead atoms. The van der Waals surface area contributed by atoms with Crippen molar-refractivity contribution < 1.29 is 14.3 Å². The first-order chi connectivity index (χ1) is 24.5. The first kappa shape index (κ1) is 32.2. The number of fused-ring (bicyclic) bond motifs is 3. The minimum absolute atomic E-state index is 0.378. The lowest BCUT2D eigenvalue weighted by atomic mass is 9.94. The number of aromatic nitrogens is 1. The zero-order valence-corrected chi connectivity index (χ0v) is 28.6. The average Bonchev–Trinajstić information content (AvgIpc) is 3.16. The van der Waals surface area contributed by atoms with Crippen LogP contribution in [0.5, 0.6) is 5.75 Å². The van der Waals surface area contributed by atoms with E-state index < -0.39 is 0 Å². The highest BCUT2D eigenvalue weighted by Crippen LogP contribution is 2.54. The molecule has 6 aromatic rings. The van der Waals surface area contributed by atoms with Crippen LogP contribution in [0.2, 0.25) is 0 Å². The minimum Gasteiger partial charge on any atom is -0.497 e. The number of aryl methyl sites for hydroxylation is 1. The maximum absolute atomic E-state index is 12.3. The van der Waals surface area contributed by atoms with Gasteiger partial charge in [0, 0.05) is 16.6 Å². The van der Waals surface area contributed by atoms with E-state index in [9.17, 15) is 4.79 Å². The molecule has 6 heteroatoms. The van der Waals surface area contributed by atoms with Crippen LogP contribution in [0, 0.1) is 6.92 Å². The molecule has 1 aromatic heterocycles. The maximum atomic E-state index is 12.3. The fourth-order valence-electron chi connectivity index (χ4n) is 6.70. The van der Waals surface area contributed by atoms with Gasteiger partial charge in [0.25, 0.3) is 0 Å². The van der Waals surface area contributed by atoms with Crippen molar-refractivity contribution in [1.82, 2.24) is 4.98 Å². The number of anilines is 5. The minimum atomic E-state index is -0.378. The summed E-state index contributed by atoms with van der Waals surface area (Å²) in [6, 6.07) is 38.9. The number of para-hydroxylation sites is 4. The quantitative estimate of drug-likeness (QED) is 0.120. The van der Waals surface area contributed by atoms with Gasteiger partial charge in [0.1, 0.15) is 5.75 Å². The predicted molar refractivity (Wildman–Crippen MR) is 205 cm³/mol. The van der Waals surface area contributed by atoms with Crippen molar-refractivity contribution in [3.63, 3.8) is 0 Å². The normalized spacial score (nSPS) is 12.5. The van der Waals surface area contributed by atoms with E-state index in [4.69, 9.17) is 14.5 Å². The molecule has 0 fully saturated rings. The summed E-state index contributed by atoms with van der Waals surface area (Å²) in [7, 11) is 3.06. The third kappa shape index (κ3) is 5.61. The molecule has 1 aliphatic rings. The number of allylic oxidation sites excluding steroid dienone is 4. The van der Waals surface area contributed by atoms with Crippen LogP contribution in [0.15, 0.2) is 152 Å². The Morgan fingerprint density at radius 1 is 0.760 bits per heavy atom. The first-order valence-electron chi connectivity index (χ1n) is 16.5. The van der Waals surface area contributed by atoms with E-state index >= 15 is 0 Å². The molecule has 0 radical (unpaired) electrons. The summed E-state index contributed by atoms with van der Waals surface area (Å²) in [6.45, 7) is 8.16. The van der Waals surface area contributed by atoms with Crippen molar-refractivity contribution in [3.8, 4) is 28.1 Å². The monoisotopic (exact) mass is 655 g/mol. The van der Waals surface area contributed by atoms with Gasteiger partial charge in [-0.2, -0.15) is 0 Å². The Morgan fingerprint density at radius 2 is 1.38 bits per heavy atom. The highest BCUT2D eigenvalue weighted by molar-refractivity contribution is 6.10. The predicted octanol–water partition coefficient (Wildman–Crippen LogP) is 11.2. The Hall–Kier alpha value is -6.40. The highest BCUT2D eigenvalue weighted by Gasteiger charge is 2.32. The van der Waals surface area contributed by atoms with Gasteiger partial charge in [0.2, 0.25) is 0 Å². The summed E-state index contributed by atoms with van der Waals surface area (Å²) in [5, 5.41) is 1.06. The first-order valence-corrected chi connectivity index (χ1v) is 16.5. The number of esters is 1. The molecule has 0 saturated heterocycles. The van der Waals surface area contributed by atoms with Crippen LogP contribution >= 0.6 is 0 Å². The summed E-state index contributed by atoms with van der Waals surface area (Å²) < 4.78 is 10.4. The largest absolute Gasteiger partial charge is 0.497 e. The van der Waals surface area contributed by atoms with E-state index in [1.54, 1.807) is 19.2 Å². The number of methoxy groups -OCH3 is 2. The zero-order chi connectivity index (χ0) is 34.8. The van der Waals surface area contributed by atoms with Crippen LogP contribution < -0.4 is 14.5 Å². The van der Waals surface area contributed by atoms with Crippen molar-refractivity contribution >= 4 is 45.3 Å². The van der Waals surface area contributed by atoms with Gasteiger partial charge in [-0.15, -0.1) is 0 Å². The number of carbonyl (C=O) groups excluding carboxylic acids is 1. The molecule has 2 heterocycles. The van der Waals surface area contributed by atoms with Crippen LogP contribution in [0.1, 0.15) is 22.8 Å². The molecule has 0 amide bonds. The lowest BCUT2D eigenvalue weighted by molar-refractivity contribution is 0.0600. The molecule has 0 aliphatic carbocycles. The summed E-state index contributed by atoms with van der Waals surface area (Å²) in [5.74, 6) is 0.411. The maximum Gasteiger partial charge on any atom is 0.337 e. The van der Waals surface area contributed by atoms with Crippen molar-refractivity contribution in [1.29, 1.82) is 0 Å². The van der Waals surface area contributed by atoms with Gasteiger partial charge in [0.15, 0.2) is 0 Å². The number of rotatable bonds is 8. The van der Waals surface area contributed by atoms with Crippen molar-refractivity contribution in [2.24, 2.45) is 0 Å². The van der Waals surface area contributed by atoms with Crippen LogP contribution in [0.4, 0.5) is 28.4 Å². The Labute approximate surface area is 292 Å². The molecule has 0 atom stereocenters. The van der Waals surface area contributed by atoms with E-state index in [1.807, 2.05) is 49.4 Å². The second-order valence-electron chi connectivity index (χ2n) is 12.0. The Balaban J connectivity index is 1.53. The average molecular weight is 656 g/mol. The smallest absolute Gasteiger partial charge is 0.337 e. The molecule has 5 aromatic carbocycles. The Morgan fingerprint density at radius 3 is 1.96 bits per heavy atom. The number of hydrogen-bond donors (Lipinski definition) is 0. The standard InChI is InChI=1S/C44H37N3O3/c1-6-12-33(13-7-2)46-37-14-8-10-16-39(37)47(40-17-11-9-15-38(40)46)41-27-18-29(3)42-35(30-23-25-34(49-4)26-24-30)28-36(45-43(41)42)31-19-21-32(22-20-31)44(48)50-5/h6-28H,1H2,2-5H3/b13-7-,33-12+. The van der Waals surface area contributed by atoms with Crippen LogP contribution in [-0.2, 0) is 4.74 Å². The van der Waals surface area contributed by atoms with Crippen molar-refractivity contribution in [2.45, 2.75) is 13.8 Å². The molecule has 0 saturated carbocycles. The number of nitrogens with zero attached hydrogens (tertiary/aromatic N) is 3. The van der Waals surface area contributed by atoms with Crippen LogP contribution in [0.3, 0.4) is 0 Å². The number of ether oxygens (including phenoxy) is 2. The summed E-state index contributed by atoms with van der Waals surface area (Å²) in [5.41, 5.74) is 12.3. The third-order valence-corrected chi connectivity index (χ3v) is 9.00. The molecule has 0 N–H and O–H groups in total. The van der Waals surface area contributed by atoms with Gasteiger partial charge in [-0.05, 0) is 103 Å². The molecule has 50 heavy (non-hydrogen) atoms. The number of benzene rings is 5. The van der Waals surface area contributed by atoms with E-state index in [0.717, 1.165) is 78.7 Å². The molecular weight excluding hydrogens is 619 g/mol. The lowest BCUT2D eigenvalue weighted by Gasteiger charge is -2.41. The van der Waals surface area contributed by atoms with Crippen LogP contribution in [0.25, 0.3) is 33.3 Å². The van der Waals surface area contributed by atoms with Crippen molar-refractivity contribution in [3.05, 3.63) is 163 Å². The number of pyridine rings is 1. The topological polar surface area (TPSA) is 54.9 Å². The second kappa shape index (κ2) is 13.6. The number of carbonyl (C=O) groups is 1. The van der Waals surface area contributed by atoms with Gasteiger partial charge in [0.05, 0.1) is 59.4 Å². The molecule has 1 aliphatic heterocycles. The van der Waals surface area contributed by atoms with Gasteiger partial charge >= 0.3 is 5.97 Å². The van der Waals surface area contributed by atoms with Gasteiger partial charge in [-0.25, -0.2) is 9.78 Å². The van der Waals surface area contributed by atoms with Crippen molar-refractivity contribution in [2.75, 3.05) is 24.0 Å². The van der Waals surface area contributed by atoms with Gasteiger partial charge in [-0.1, -0.05) is 73.3 Å². The zero-order valence-electron chi connectivity index (χ0n) is 28.6. The summed E-state index contributed by atoms with van der Waals surface area (Å²) in [6.07, 6.45) is 8.01. The lowest BCUT2D eigenvalue weighted by Crippen LogP contribution is -2.26. The second-order valence-corrected chi connectivity index (χ2v) is 12.0. The highest BCUT2D eigenvalue weighted by atomic mass is 16.5. The van der Waals surface area contributed by atoms with E-state index in [1.165, 1.54) is 7.11 Å². The molecular formula is C44H37N3O3. The Kier molecular flexibility index (Phi) is 8.75. The summed E-state index contributed by atoms with van der Waals surface area (Å²) >= 11 is 0. The van der Waals surface area contributed by atoms with Gasteiger partial charge in [-0.3, -0.25) is 0 Å². The SMILES string of the molecule is C=C/C=C(\C=C/C)N1c2ccccc2N(c2ccc(C)c3c(-c4ccc(OC)cc4)cc(-c4ccc(C(=O)OC)cc4)nc23)c2ccccc21. The van der Waals surface area contributed by atoms with E-state index in [2.05, 4.69) is 108 Å². The van der Waals surface area contributed by atoms with E-state index in [0.29, 0.717) is 5.56 Å². The number of hydrogen-bond acceptors (Lipinski definition) is 6. The molecule has 0 spiro atoms. The fourth-order valence-corrected chi connectivity index (χ4v) is 6.70. The Bertz CT molecular complexity index is 2260. The van der Waals surface area contributed by atoms with Crippen LogP contribution in [-0.4, -0.2) is 25.2 Å². The fraction of sp³-hybridized carbons (Fsp3) is 0.0909.